The molecule has 0 radical (unpaired) electrons. The quantitative estimate of drug-likeness (QED) is 0.724. The smallest absolute Gasteiger partial charge is 0.437 e. The van der Waals surface area contributed by atoms with E-state index in [4.69, 9.17) is 16.3 Å². The molecule has 0 saturated heterocycles. The van der Waals surface area contributed by atoms with Crippen molar-refractivity contribution in [1.82, 2.24) is 14.8 Å². The second-order valence-corrected chi connectivity index (χ2v) is 4.97. The number of fused-ring (bicyclic) bond motifs is 1. The lowest BCUT2D eigenvalue weighted by Gasteiger charge is -2.18. The predicted octanol–water partition coefficient (Wildman–Crippen LogP) is 2.87. The van der Waals surface area contributed by atoms with Crippen molar-refractivity contribution in [3.8, 4) is 0 Å². The summed E-state index contributed by atoms with van der Waals surface area (Å²) in [5, 5.41) is 5.06. The minimum Gasteiger partial charge on any atom is -0.442 e. The van der Waals surface area contributed by atoms with E-state index in [1.165, 1.54) is 12.4 Å². The monoisotopic (exact) mass is 253 g/mol. The summed E-state index contributed by atoms with van der Waals surface area (Å²) in [5.41, 5.74) is -0.180. The summed E-state index contributed by atoms with van der Waals surface area (Å²) in [7, 11) is 0. The van der Waals surface area contributed by atoms with Crippen molar-refractivity contribution in [2.75, 3.05) is 0 Å². The van der Waals surface area contributed by atoms with Gasteiger partial charge in [0.25, 0.3) is 0 Å². The van der Waals surface area contributed by atoms with Crippen molar-refractivity contribution in [2.45, 2.75) is 26.4 Å². The highest BCUT2D eigenvalue weighted by molar-refractivity contribution is 6.35. The van der Waals surface area contributed by atoms with Crippen LogP contribution in [0.3, 0.4) is 0 Å². The summed E-state index contributed by atoms with van der Waals surface area (Å²) in [6.07, 6.45) is 2.45. The molecule has 0 N–H and O–H groups in total. The molecule has 0 aliphatic heterocycles. The molecule has 90 valence electrons. The Hall–Kier alpha value is -1.62. The fourth-order valence-corrected chi connectivity index (χ4v) is 1.53. The Morgan fingerprint density at radius 2 is 2.18 bits per heavy atom. The standard InChI is InChI=1S/C11H12ClN3O2/c1-11(2,3)17-10(16)15-9-7(6-14-15)8(12)4-5-13-9/h4-6H,1-3H3. The zero-order valence-corrected chi connectivity index (χ0v) is 10.5. The van der Waals surface area contributed by atoms with Crippen LogP contribution in [0.15, 0.2) is 18.5 Å². The average molecular weight is 254 g/mol. The number of aromatic nitrogens is 3. The maximum Gasteiger partial charge on any atom is 0.437 e. The molecule has 0 saturated carbocycles. The number of rotatable bonds is 0. The van der Waals surface area contributed by atoms with Gasteiger partial charge in [0.1, 0.15) is 5.60 Å². The fraction of sp³-hybridized carbons (Fsp3) is 0.364. The molecule has 0 fully saturated rings. The molecular weight excluding hydrogens is 242 g/mol. The molecule has 0 aromatic carbocycles. The Morgan fingerprint density at radius 1 is 1.47 bits per heavy atom. The first-order chi connectivity index (χ1) is 7.88. The molecule has 2 aromatic heterocycles. The first-order valence-electron chi connectivity index (χ1n) is 5.10. The summed E-state index contributed by atoms with van der Waals surface area (Å²) in [6.45, 7) is 5.37. The molecule has 0 aliphatic rings. The lowest BCUT2D eigenvalue weighted by molar-refractivity contribution is 0.0522. The van der Waals surface area contributed by atoms with Crippen LogP contribution in [0.2, 0.25) is 5.02 Å². The molecule has 17 heavy (non-hydrogen) atoms. The zero-order chi connectivity index (χ0) is 12.6. The van der Waals surface area contributed by atoms with Crippen molar-refractivity contribution in [2.24, 2.45) is 0 Å². The molecule has 6 heteroatoms. The second-order valence-electron chi connectivity index (χ2n) is 4.57. The number of hydrogen-bond acceptors (Lipinski definition) is 4. The molecular formula is C11H12ClN3O2. The number of pyridine rings is 1. The van der Waals surface area contributed by atoms with Crippen molar-refractivity contribution in [3.63, 3.8) is 0 Å². The Bertz CT molecular complexity index is 572. The maximum atomic E-state index is 11.8. The lowest BCUT2D eigenvalue weighted by atomic mass is 10.2. The van der Waals surface area contributed by atoms with Gasteiger partial charge < -0.3 is 4.74 Å². The number of carbonyl (C=O) groups is 1. The van der Waals surface area contributed by atoms with Crippen molar-refractivity contribution in [1.29, 1.82) is 0 Å². The van der Waals surface area contributed by atoms with Gasteiger partial charge in [-0.3, -0.25) is 0 Å². The van der Waals surface area contributed by atoms with Crippen LogP contribution in [0.1, 0.15) is 20.8 Å². The van der Waals surface area contributed by atoms with Crippen molar-refractivity contribution in [3.05, 3.63) is 23.5 Å². The topological polar surface area (TPSA) is 57.0 Å². The minimum atomic E-state index is -0.575. The van der Waals surface area contributed by atoms with Crippen molar-refractivity contribution < 1.29 is 9.53 Å². The van der Waals surface area contributed by atoms with Crippen LogP contribution in [0.25, 0.3) is 11.0 Å². The van der Waals surface area contributed by atoms with Crippen LogP contribution < -0.4 is 0 Å². The van der Waals surface area contributed by atoms with E-state index in [9.17, 15) is 4.79 Å². The number of carbonyl (C=O) groups excluding carboxylic acids is 1. The van der Waals surface area contributed by atoms with Gasteiger partial charge in [0.05, 0.1) is 16.6 Å². The summed E-state index contributed by atoms with van der Waals surface area (Å²) in [4.78, 5) is 15.9. The summed E-state index contributed by atoms with van der Waals surface area (Å²) in [5.74, 6) is 0. The molecule has 0 amide bonds. The molecule has 2 rings (SSSR count). The number of nitrogens with zero attached hydrogens (tertiary/aromatic N) is 3. The third-order valence-corrected chi connectivity index (χ3v) is 2.31. The first-order valence-corrected chi connectivity index (χ1v) is 5.48. The van der Waals surface area contributed by atoms with E-state index in [2.05, 4.69) is 10.1 Å². The van der Waals surface area contributed by atoms with Crippen LogP contribution in [-0.2, 0) is 4.74 Å². The van der Waals surface area contributed by atoms with Gasteiger partial charge in [-0.05, 0) is 26.8 Å². The van der Waals surface area contributed by atoms with Crippen LogP contribution >= 0.6 is 11.6 Å². The van der Waals surface area contributed by atoms with E-state index in [1.807, 2.05) is 0 Å². The molecule has 2 aromatic rings. The Morgan fingerprint density at radius 3 is 2.82 bits per heavy atom. The van der Waals surface area contributed by atoms with Gasteiger partial charge in [-0.1, -0.05) is 11.6 Å². The van der Waals surface area contributed by atoms with Crippen LogP contribution in [0, 0.1) is 0 Å². The van der Waals surface area contributed by atoms with E-state index >= 15 is 0 Å². The summed E-state index contributed by atoms with van der Waals surface area (Å²) in [6, 6.07) is 1.64. The normalized spacial score (nSPS) is 11.8. The van der Waals surface area contributed by atoms with Gasteiger partial charge in [-0.15, -0.1) is 4.68 Å². The molecule has 5 nitrogen and oxygen atoms in total. The molecule has 0 atom stereocenters. The molecule has 0 bridgehead atoms. The SMILES string of the molecule is CC(C)(C)OC(=O)n1ncc2c(Cl)ccnc21. The van der Waals surface area contributed by atoms with Gasteiger partial charge in [-0.2, -0.15) is 5.10 Å². The van der Waals surface area contributed by atoms with Gasteiger partial charge >= 0.3 is 6.09 Å². The molecule has 0 aliphatic carbocycles. The minimum absolute atomic E-state index is 0.395. The van der Waals surface area contributed by atoms with E-state index < -0.39 is 11.7 Å². The van der Waals surface area contributed by atoms with E-state index in [-0.39, 0.29) is 0 Å². The number of hydrogen-bond donors (Lipinski definition) is 0. The van der Waals surface area contributed by atoms with Gasteiger partial charge in [-0.25, -0.2) is 9.78 Å². The van der Waals surface area contributed by atoms with Crippen molar-refractivity contribution >= 4 is 28.7 Å². The second kappa shape index (κ2) is 4.00. The zero-order valence-electron chi connectivity index (χ0n) is 9.77. The Kier molecular flexibility index (Phi) is 2.79. The molecule has 0 spiro atoms. The van der Waals surface area contributed by atoms with Gasteiger partial charge in [0.2, 0.25) is 0 Å². The summed E-state index contributed by atoms with van der Waals surface area (Å²) < 4.78 is 6.31. The van der Waals surface area contributed by atoms with E-state index in [0.717, 1.165) is 4.68 Å². The lowest BCUT2D eigenvalue weighted by Crippen LogP contribution is -2.27. The Labute approximate surface area is 103 Å². The highest BCUT2D eigenvalue weighted by Gasteiger charge is 2.20. The Balaban J connectivity index is 2.43. The van der Waals surface area contributed by atoms with Gasteiger partial charge in [0, 0.05) is 6.20 Å². The fourth-order valence-electron chi connectivity index (χ4n) is 1.34. The highest BCUT2D eigenvalue weighted by Crippen LogP contribution is 2.21. The third kappa shape index (κ3) is 2.39. The maximum absolute atomic E-state index is 11.8. The predicted molar refractivity (Wildman–Crippen MR) is 64.2 cm³/mol. The first kappa shape index (κ1) is 11.9. The van der Waals surface area contributed by atoms with Crippen LogP contribution in [0.5, 0.6) is 0 Å². The van der Waals surface area contributed by atoms with Crippen LogP contribution in [0.4, 0.5) is 4.79 Å². The number of halogens is 1. The third-order valence-electron chi connectivity index (χ3n) is 1.99. The largest absolute Gasteiger partial charge is 0.442 e. The van der Waals surface area contributed by atoms with Crippen LogP contribution in [-0.4, -0.2) is 26.5 Å². The van der Waals surface area contributed by atoms with E-state index in [1.54, 1.807) is 26.8 Å². The average Bonchev–Trinajstić information content (AvgIpc) is 2.60. The van der Waals surface area contributed by atoms with Gasteiger partial charge in [0.15, 0.2) is 5.65 Å². The molecule has 2 heterocycles. The molecule has 0 unspecified atom stereocenters. The van der Waals surface area contributed by atoms with E-state index in [0.29, 0.717) is 16.1 Å². The highest BCUT2D eigenvalue weighted by atomic mass is 35.5. The number of ether oxygens (including phenoxy) is 1. The summed E-state index contributed by atoms with van der Waals surface area (Å²) >= 11 is 5.96.